The molecule has 0 radical (unpaired) electrons. The predicted molar refractivity (Wildman–Crippen MR) is 102 cm³/mol. The number of carbonyl (C=O) groups is 1. The molecule has 2 aliphatic heterocycles. The Hall–Kier alpha value is -1.04. The molecule has 3 heterocycles. The van der Waals surface area contributed by atoms with E-state index >= 15 is 0 Å². The molecule has 0 bridgehead atoms. The molecule has 1 amide bonds. The first kappa shape index (κ1) is 21.0. The van der Waals surface area contributed by atoms with E-state index in [0.29, 0.717) is 18.9 Å². The first-order valence-corrected chi connectivity index (χ1v) is 8.48. The molecule has 0 saturated carbocycles. The number of nitrogens with one attached hydrogen (secondary N) is 2. The number of hydrogen-bond acceptors (Lipinski definition) is 4. The van der Waals surface area contributed by atoms with Gasteiger partial charge in [-0.2, -0.15) is 0 Å². The predicted octanol–water partition coefficient (Wildman–Crippen LogP) is 2.53. The Morgan fingerprint density at radius 2 is 2.08 bits per heavy atom. The largest absolute Gasteiger partial charge is 0.357 e. The highest BCUT2D eigenvalue weighted by Crippen LogP contribution is 2.17. The fourth-order valence-corrected chi connectivity index (χ4v) is 3.24. The third-order valence-electron chi connectivity index (χ3n) is 4.67. The third-order valence-corrected chi connectivity index (χ3v) is 4.67. The van der Waals surface area contributed by atoms with Crippen LogP contribution >= 0.6 is 24.8 Å². The van der Waals surface area contributed by atoms with Gasteiger partial charge in [-0.05, 0) is 56.3 Å². The average molecular weight is 375 g/mol. The molecule has 0 spiro atoms. The summed E-state index contributed by atoms with van der Waals surface area (Å²) in [5.41, 5.74) is 1.07. The summed E-state index contributed by atoms with van der Waals surface area (Å²) in [7, 11) is 0. The first-order chi connectivity index (χ1) is 10.8. The maximum absolute atomic E-state index is 11.9. The Morgan fingerprint density at radius 1 is 1.29 bits per heavy atom. The van der Waals surface area contributed by atoms with Crippen molar-refractivity contribution in [3.05, 3.63) is 23.9 Å². The first-order valence-electron chi connectivity index (χ1n) is 8.48. The standard InChI is InChI=1S/C17H26N4O.2ClH/c22-17(6-4-14-7-8-18-11-14)20-13-15-3-5-16(19-12-15)21-9-1-2-10-21;;/h3,5,12,14,18H,1-2,4,6-11,13H2,(H,20,22);2*1H. The van der Waals surface area contributed by atoms with Gasteiger partial charge < -0.3 is 15.5 Å². The van der Waals surface area contributed by atoms with Crippen LogP contribution in [0.3, 0.4) is 0 Å². The van der Waals surface area contributed by atoms with Crippen molar-refractivity contribution in [1.82, 2.24) is 15.6 Å². The van der Waals surface area contributed by atoms with E-state index in [1.807, 2.05) is 6.20 Å². The molecular weight excluding hydrogens is 347 g/mol. The molecule has 0 aromatic carbocycles. The van der Waals surface area contributed by atoms with Crippen molar-refractivity contribution < 1.29 is 4.79 Å². The van der Waals surface area contributed by atoms with Crippen LogP contribution in [0.15, 0.2) is 18.3 Å². The second kappa shape index (κ2) is 10.7. The Labute approximate surface area is 156 Å². The molecule has 3 rings (SSSR count). The second-order valence-corrected chi connectivity index (χ2v) is 6.39. The van der Waals surface area contributed by atoms with E-state index in [9.17, 15) is 4.79 Å². The molecule has 136 valence electrons. The number of halogens is 2. The number of anilines is 1. The molecular formula is C17H28Cl2N4O. The van der Waals surface area contributed by atoms with E-state index in [1.165, 1.54) is 19.3 Å². The van der Waals surface area contributed by atoms with Crippen molar-refractivity contribution in [2.75, 3.05) is 31.1 Å². The molecule has 2 saturated heterocycles. The summed E-state index contributed by atoms with van der Waals surface area (Å²) in [6.45, 7) is 4.96. The van der Waals surface area contributed by atoms with E-state index in [2.05, 4.69) is 32.7 Å². The van der Waals surface area contributed by atoms with Gasteiger partial charge in [0.2, 0.25) is 5.91 Å². The van der Waals surface area contributed by atoms with Gasteiger partial charge in [0.15, 0.2) is 0 Å². The maximum atomic E-state index is 11.9. The van der Waals surface area contributed by atoms with Gasteiger partial charge >= 0.3 is 0 Å². The summed E-state index contributed by atoms with van der Waals surface area (Å²) in [6, 6.07) is 4.14. The molecule has 7 heteroatoms. The Bertz CT molecular complexity index is 486. The van der Waals surface area contributed by atoms with Gasteiger partial charge in [-0.25, -0.2) is 4.98 Å². The molecule has 1 aromatic rings. The summed E-state index contributed by atoms with van der Waals surface area (Å²) in [5.74, 6) is 1.88. The van der Waals surface area contributed by atoms with E-state index in [1.54, 1.807) is 0 Å². The topological polar surface area (TPSA) is 57.3 Å². The van der Waals surface area contributed by atoms with Crippen LogP contribution in [0.25, 0.3) is 0 Å². The molecule has 24 heavy (non-hydrogen) atoms. The number of hydrogen-bond donors (Lipinski definition) is 2. The van der Waals surface area contributed by atoms with Gasteiger partial charge in [-0.3, -0.25) is 4.79 Å². The Morgan fingerprint density at radius 3 is 2.71 bits per heavy atom. The minimum atomic E-state index is 0. The lowest BCUT2D eigenvalue weighted by atomic mass is 10.0. The minimum Gasteiger partial charge on any atom is -0.357 e. The highest BCUT2D eigenvalue weighted by molar-refractivity contribution is 5.85. The minimum absolute atomic E-state index is 0. The Kier molecular flexibility index (Phi) is 9.41. The van der Waals surface area contributed by atoms with E-state index in [-0.39, 0.29) is 30.7 Å². The van der Waals surface area contributed by atoms with Crippen molar-refractivity contribution in [3.63, 3.8) is 0 Å². The summed E-state index contributed by atoms with van der Waals surface area (Å²) >= 11 is 0. The van der Waals surface area contributed by atoms with Crippen LogP contribution in [0.4, 0.5) is 5.82 Å². The fourth-order valence-electron chi connectivity index (χ4n) is 3.24. The maximum Gasteiger partial charge on any atom is 0.220 e. The van der Waals surface area contributed by atoms with Gasteiger partial charge in [-0.1, -0.05) is 6.07 Å². The third kappa shape index (κ3) is 6.11. The molecule has 0 aliphatic carbocycles. The second-order valence-electron chi connectivity index (χ2n) is 6.39. The lowest BCUT2D eigenvalue weighted by Gasteiger charge is -2.16. The number of rotatable bonds is 6. The van der Waals surface area contributed by atoms with Crippen LogP contribution in [0, 0.1) is 5.92 Å². The molecule has 2 fully saturated rings. The quantitative estimate of drug-likeness (QED) is 0.802. The van der Waals surface area contributed by atoms with Crippen LogP contribution < -0.4 is 15.5 Å². The van der Waals surface area contributed by atoms with Crippen LogP contribution in [0.2, 0.25) is 0 Å². The highest BCUT2D eigenvalue weighted by Gasteiger charge is 2.16. The normalized spacial score (nSPS) is 19.5. The van der Waals surface area contributed by atoms with Crippen molar-refractivity contribution in [2.24, 2.45) is 5.92 Å². The number of aromatic nitrogens is 1. The van der Waals surface area contributed by atoms with E-state index in [0.717, 1.165) is 44.0 Å². The van der Waals surface area contributed by atoms with Crippen molar-refractivity contribution in [1.29, 1.82) is 0 Å². The van der Waals surface area contributed by atoms with Crippen LogP contribution in [0.1, 0.15) is 37.7 Å². The molecule has 2 aliphatic rings. The fraction of sp³-hybridized carbons (Fsp3) is 0.647. The number of carbonyl (C=O) groups excluding carboxylic acids is 1. The van der Waals surface area contributed by atoms with Crippen molar-refractivity contribution >= 4 is 36.5 Å². The zero-order valence-corrected chi connectivity index (χ0v) is 15.6. The lowest BCUT2D eigenvalue weighted by molar-refractivity contribution is -0.121. The summed E-state index contributed by atoms with van der Waals surface area (Å²) < 4.78 is 0. The van der Waals surface area contributed by atoms with Gasteiger partial charge in [0.05, 0.1) is 0 Å². The summed E-state index contributed by atoms with van der Waals surface area (Å²) in [5, 5.41) is 6.34. The van der Waals surface area contributed by atoms with Crippen molar-refractivity contribution in [2.45, 2.75) is 38.6 Å². The molecule has 5 nitrogen and oxygen atoms in total. The SMILES string of the molecule is Cl.Cl.O=C(CCC1CCNC1)NCc1ccc(N2CCCC2)nc1. The number of nitrogens with zero attached hydrogens (tertiary/aromatic N) is 2. The number of amides is 1. The average Bonchev–Trinajstić information content (AvgIpc) is 3.24. The van der Waals surface area contributed by atoms with Gasteiger partial charge in [-0.15, -0.1) is 24.8 Å². The number of pyridine rings is 1. The molecule has 1 aromatic heterocycles. The van der Waals surface area contributed by atoms with Gasteiger partial charge in [0, 0.05) is 32.3 Å². The smallest absolute Gasteiger partial charge is 0.220 e. The zero-order valence-electron chi connectivity index (χ0n) is 14.0. The highest BCUT2D eigenvalue weighted by atomic mass is 35.5. The van der Waals surface area contributed by atoms with E-state index < -0.39 is 0 Å². The lowest BCUT2D eigenvalue weighted by Crippen LogP contribution is -2.24. The molecule has 1 unspecified atom stereocenters. The Balaban J connectivity index is 0.00000144. The van der Waals surface area contributed by atoms with Crippen LogP contribution in [0.5, 0.6) is 0 Å². The zero-order chi connectivity index (χ0) is 15.2. The molecule has 2 N–H and O–H groups in total. The summed E-state index contributed by atoms with van der Waals surface area (Å²) in [6.07, 6.45) is 7.23. The van der Waals surface area contributed by atoms with E-state index in [4.69, 9.17) is 0 Å². The van der Waals surface area contributed by atoms with Crippen LogP contribution in [-0.2, 0) is 11.3 Å². The van der Waals surface area contributed by atoms with Gasteiger partial charge in [0.1, 0.15) is 5.82 Å². The van der Waals surface area contributed by atoms with Gasteiger partial charge in [0.25, 0.3) is 0 Å². The molecule has 1 atom stereocenters. The monoisotopic (exact) mass is 374 g/mol. The van der Waals surface area contributed by atoms with Crippen LogP contribution in [-0.4, -0.2) is 37.1 Å². The van der Waals surface area contributed by atoms with Crippen molar-refractivity contribution in [3.8, 4) is 0 Å². The summed E-state index contributed by atoms with van der Waals surface area (Å²) in [4.78, 5) is 18.7.